The van der Waals surface area contributed by atoms with E-state index in [1.165, 1.54) is 11.1 Å². The molecule has 0 aliphatic heterocycles. The molecule has 0 saturated carbocycles. The first-order chi connectivity index (χ1) is 9.70. The van der Waals surface area contributed by atoms with Gasteiger partial charge in [0.1, 0.15) is 0 Å². The third kappa shape index (κ3) is 4.13. The first kappa shape index (κ1) is 15.2. The van der Waals surface area contributed by atoms with Crippen LogP contribution in [-0.4, -0.2) is 11.6 Å². The fourth-order valence-corrected chi connectivity index (χ4v) is 2.74. The molecule has 1 heterocycles. The summed E-state index contributed by atoms with van der Waals surface area (Å²) in [6.45, 7) is 8.47. The van der Waals surface area contributed by atoms with Crippen molar-refractivity contribution >= 4 is 11.3 Å². The van der Waals surface area contributed by atoms with E-state index in [2.05, 4.69) is 46.9 Å². The smallest absolute Gasteiger partial charge is 0.0898 e. The highest BCUT2D eigenvalue weighted by Crippen LogP contribution is 2.17. The van der Waals surface area contributed by atoms with Crippen LogP contribution in [0.2, 0.25) is 0 Å². The van der Waals surface area contributed by atoms with E-state index in [9.17, 15) is 0 Å². The maximum Gasteiger partial charge on any atom is 0.0898 e. The quantitative estimate of drug-likeness (QED) is 0.841. The molecule has 1 N–H and O–H groups in total. The number of ether oxygens (including phenoxy) is 1. The van der Waals surface area contributed by atoms with Gasteiger partial charge in [-0.25, -0.2) is 4.98 Å². The van der Waals surface area contributed by atoms with Crippen molar-refractivity contribution in [3.05, 3.63) is 51.5 Å². The number of benzene rings is 1. The summed E-state index contributed by atoms with van der Waals surface area (Å²) in [7, 11) is 0. The summed E-state index contributed by atoms with van der Waals surface area (Å²) in [5, 5.41) is 6.77. The van der Waals surface area contributed by atoms with Crippen molar-refractivity contribution < 1.29 is 4.74 Å². The van der Waals surface area contributed by atoms with Gasteiger partial charge in [0.2, 0.25) is 0 Å². The van der Waals surface area contributed by atoms with Crippen LogP contribution in [0.4, 0.5) is 0 Å². The lowest BCUT2D eigenvalue weighted by Gasteiger charge is -2.14. The zero-order valence-electron chi connectivity index (χ0n) is 12.3. The lowest BCUT2D eigenvalue weighted by Crippen LogP contribution is -2.19. The highest BCUT2D eigenvalue weighted by atomic mass is 32.1. The van der Waals surface area contributed by atoms with Gasteiger partial charge < -0.3 is 10.1 Å². The second-order valence-corrected chi connectivity index (χ2v) is 5.86. The molecule has 0 spiro atoms. The SMILES string of the molecule is CCOCc1ccccc1CNC(C)c1csc(C)n1. The van der Waals surface area contributed by atoms with Crippen LogP contribution in [-0.2, 0) is 17.9 Å². The van der Waals surface area contributed by atoms with E-state index in [4.69, 9.17) is 4.74 Å². The topological polar surface area (TPSA) is 34.1 Å². The molecule has 1 atom stereocenters. The Hall–Kier alpha value is -1.23. The van der Waals surface area contributed by atoms with Crippen LogP contribution in [0.5, 0.6) is 0 Å². The molecule has 0 bridgehead atoms. The molecule has 0 aliphatic carbocycles. The van der Waals surface area contributed by atoms with Crippen molar-refractivity contribution in [2.24, 2.45) is 0 Å². The van der Waals surface area contributed by atoms with Crippen LogP contribution in [0, 0.1) is 6.92 Å². The van der Waals surface area contributed by atoms with Crippen LogP contribution in [0.25, 0.3) is 0 Å². The first-order valence-electron chi connectivity index (χ1n) is 7.00. The lowest BCUT2D eigenvalue weighted by atomic mass is 10.1. The predicted octanol–water partition coefficient (Wildman–Crippen LogP) is 3.84. The zero-order chi connectivity index (χ0) is 14.4. The maximum absolute atomic E-state index is 5.52. The van der Waals surface area contributed by atoms with E-state index in [0.29, 0.717) is 6.61 Å². The molecule has 1 aromatic carbocycles. The van der Waals surface area contributed by atoms with Crippen LogP contribution >= 0.6 is 11.3 Å². The van der Waals surface area contributed by atoms with Crippen molar-refractivity contribution in [2.45, 2.75) is 40.0 Å². The Bertz CT molecular complexity index is 539. The first-order valence-corrected chi connectivity index (χ1v) is 7.88. The van der Waals surface area contributed by atoms with Crippen molar-refractivity contribution in [3.63, 3.8) is 0 Å². The van der Waals surface area contributed by atoms with E-state index in [-0.39, 0.29) is 6.04 Å². The van der Waals surface area contributed by atoms with Crippen molar-refractivity contribution in [2.75, 3.05) is 6.61 Å². The molecular formula is C16H22N2OS. The number of thiazole rings is 1. The van der Waals surface area contributed by atoms with Gasteiger partial charge in [-0.3, -0.25) is 0 Å². The Kier molecular flexibility index (Phi) is 5.71. The van der Waals surface area contributed by atoms with Gasteiger partial charge in [0.15, 0.2) is 0 Å². The fourth-order valence-electron chi connectivity index (χ4n) is 2.03. The summed E-state index contributed by atoms with van der Waals surface area (Å²) in [6, 6.07) is 8.68. The minimum Gasteiger partial charge on any atom is -0.377 e. The van der Waals surface area contributed by atoms with E-state index >= 15 is 0 Å². The Morgan fingerprint density at radius 1 is 1.30 bits per heavy atom. The van der Waals surface area contributed by atoms with Crippen LogP contribution in [0.1, 0.15) is 41.7 Å². The highest BCUT2D eigenvalue weighted by Gasteiger charge is 2.09. The van der Waals surface area contributed by atoms with E-state index in [1.54, 1.807) is 11.3 Å². The number of hydrogen-bond donors (Lipinski definition) is 1. The Balaban J connectivity index is 1.96. The summed E-state index contributed by atoms with van der Waals surface area (Å²) in [5.41, 5.74) is 3.66. The summed E-state index contributed by atoms with van der Waals surface area (Å²) < 4.78 is 5.52. The Labute approximate surface area is 125 Å². The Morgan fingerprint density at radius 3 is 2.70 bits per heavy atom. The monoisotopic (exact) mass is 290 g/mol. The third-order valence-corrected chi connectivity index (χ3v) is 4.05. The van der Waals surface area contributed by atoms with Crippen LogP contribution in [0.15, 0.2) is 29.6 Å². The molecule has 2 rings (SSSR count). The molecule has 2 aromatic rings. The molecule has 108 valence electrons. The zero-order valence-corrected chi connectivity index (χ0v) is 13.2. The summed E-state index contributed by atoms with van der Waals surface area (Å²) >= 11 is 1.70. The lowest BCUT2D eigenvalue weighted by molar-refractivity contribution is 0.133. The third-order valence-electron chi connectivity index (χ3n) is 3.26. The predicted molar refractivity (Wildman–Crippen MR) is 83.9 cm³/mol. The highest BCUT2D eigenvalue weighted by molar-refractivity contribution is 7.09. The fraction of sp³-hybridized carbons (Fsp3) is 0.438. The minimum absolute atomic E-state index is 0.264. The number of nitrogens with one attached hydrogen (secondary N) is 1. The number of rotatable bonds is 7. The minimum atomic E-state index is 0.264. The molecule has 0 radical (unpaired) electrons. The average Bonchev–Trinajstić information content (AvgIpc) is 2.90. The molecular weight excluding hydrogens is 268 g/mol. The second-order valence-electron chi connectivity index (χ2n) is 4.80. The maximum atomic E-state index is 5.52. The van der Waals surface area contributed by atoms with Crippen LogP contribution in [0.3, 0.4) is 0 Å². The number of aromatic nitrogens is 1. The second kappa shape index (κ2) is 7.53. The summed E-state index contributed by atoms with van der Waals surface area (Å²) in [6.07, 6.45) is 0. The van der Waals surface area contributed by atoms with Gasteiger partial charge in [0.25, 0.3) is 0 Å². The van der Waals surface area contributed by atoms with Crippen molar-refractivity contribution in [1.29, 1.82) is 0 Å². The summed E-state index contributed by atoms with van der Waals surface area (Å²) in [5.74, 6) is 0. The normalized spacial score (nSPS) is 12.6. The molecule has 0 fully saturated rings. The van der Waals surface area contributed by atoms with Gasteiger partial charge in [-0.15, -0.1) is 11.3 Å². The van der Waals surface area contributed by atoms with E-state index in [0.717, 1.165) is 23.9 Å². The molecule has 4 heteroatoms. The summed E-state index contributed by atoms with van der Waals surface area (Å²) in [4.78, 5) is 4.53. The molecule has 1 aromatic heterocycles. The van der Waals surface area contributed by atoms with Gasteiger partial charge in [-0.1, -0.05) is 24.3 Å². The average molecular weight is 290 g/mol. The van der Waals surface area contributed by atoms with Gasteiger partial charge in [-0.05, 0) is 31.9 Å². The number of hydrogen-bond acceptors (Lipinski definition) is 4. The van der Waals surface area contributed by atoms with Crippen molar-refractivity contribution in [1.82, 2.24) is 10.3 Å². The van der Waals surface area contributed by atoms with Crippen LogP contribution < -0.4 is 5.32 Å². The number of aryl methyl sites for hydroxylation is 1. The van der Waals surface area contributed by atoms with E-state index in [1.807, 2.05) is 13.8 Å². The molecule has 0 amide bonds. The molecule has 20 heavy (non-hydrogen) atoms. The van der Waals surface area contributed by atoms with Gasteiger partial charge in [0.05, 0.1) is 17.3 Å². The molecule has 1 unspecified atom stereocenters. The number of nitrogens with zero attached hydrogens (tertiary/aromatic N) is 1. The van der Waals surface area contributed by atoms with Gasteiger partial charge in [-0.2, -0.15) is 0 Å². The molecule has 0 aliphatic rings. The van der Waals surface area contributed by atoms with Crippen molar-refractivity contribution in [3.8, 4) is 0 Å². The van der Waals surface area contributed by atoms with Gasteiger partial charge in [0, 0.05) is 24.6 Å². The molecule has 3 nitrogen and oxygen atoms in total. The standard InChI is InChI=1S/C16H22N2OS/c1-4-19-10-15-8-6-5-7-14(15)9-17-12(2)16-11-20-13(3)18-16/h5-8,11-12,17H,4,9-10H2,1-3H3. The largest absolute Gasteiger partial charge is 0.377 e. The van der Waals surface area contributed by atoms with Gasteiger partial charge >= 0.3 is 0 Å². The Morgan fingerprint density at radius 2 is 2.05 bits per heavy atom. The molecule has 0 saturated heterocycles. The van der Waals surface area contributed by atoms with E-state index < -0.39 is 0 Å².